The first-order chi connectivity index (χ1) is 13.4. The molecular weight excluding hydrogens is 486 g/mol. The van der Waals surface area contributed by atoms with Gasteiger partial charge >= 0.3 is 6.18 Å². The molecule has 2 rings (SSSR count). The molecule has 8 nitrogen and oxygen atoms in total. The highest BCUT2D eigenvalue weighted by atomic mass is 79.9. The molecule has 14 heteroatoms. The number of aliphatic hydroxyl groups excluding tert-OH is 1. The van der Waals surface area contributed by atoms with Gasteiger partial charge < -0.3 is 15.7 Å². The van der Waals surface area contributed by atoms with Crippen molar-refractivity contribution < 1.29 is 31.1 Å². The number of anilines is 3. The summed E-state index contributed by atoms with van der Waals surface area (Å²) in [6.07, 6.45) is -3.84. The summed E-state index contributed by atoms with van der Waals surface area (Å²) in [6, 6.07) is 0.658. The summed E-state index contributed by atoms with van der Waals surface area (Å²) < 4.78 is 80.2. The second-order valence-corrected chi connectivity index (χ2v) is 8.46. The number of hydrogen-bond acceptors (Lipinski definition) is 7. The van der Waals surface area contributed by atoms with Crippen molar-refractivity contribution in [2.75, 3.05) is 24.3 Å². The molecule has 1 aromatic heterocycles. The van der Waals surface area contributed by atoms with E-state index in [1.54, 1.807) is 11.6 Å². The van der Waals surface area contributed by atoms with E-state index in [4.69, 9.17) is 5.11 Å². The number of halogens is 5. The lowest BCUT2D eigenvalue weighted by Crippen LogP contribution is -2.24. The number of nitrogens with one attached hydrogen (secondary N) is 3. The topological polar surface area (TPSA) is 116 Å². The lowest BCUT2D eigenvalue weighted by molar-refractivity contribution is -0.140. The summed E-state index contributed by atoms with van der Waals surface area (Å²) >= 11 is 3.18. The molecule has 0 aliphatic carbocycles. The minimum Gasteiger partial charge on any atom is -0.394 e. The smallest absolute Gasteiger partial charge is 0.394 e. The maximum Gasteiger partial charge on any atom is 0.417 e. The lowest BCUT2D eigenvalue weighted by atomic mass is 10.2. The molecule has 0 saturated carbocycles. The van der Waals surface area contributed by atoms with Crippen molar-refractivity contribution in [2.45, 2.75) is 24.0 Å². The SMILES string of the molecule is CNS(=O)(=O)c1c(F)cc(Nc2ncc(Br)c(N[C@H](C)CO)n2)cc1C(F)(F)F. The molecule has 0 saturated heterocycles. The fourth-order valence-electron chi connectivity index (χ4n) is 2.19. The van der Waals surface area contributed by atoms with E-state index in [-0.39, 0.29) is 24.4 Å². The number of aliphatic hydroxyl groups is 1. The summed E-state index contributed by atoms with van der Waals surface area (Å²) in [5.74, 6) is -1.55. The molecule has 0 amide bonds. The molecule has 29 heavy (non-hydrogen) atoms. The van der Waals surface area contributed by atoms with Gasteiger partial charge in [-0.25, -0.2) is 22.5 Å². The summed E-state index contributed by atoms with van der Waals surface area (Å²) in [4.78, 5) is 6.40. The van der Waals surface area contributed by atoms with Crippen molar-refractivity contribution in [1.29, 1.82) is 0 Å². The molecular formula is C15H16BrF4N5O3S. The second-order valence-electron chi connectivity index (χ2n) is 5.78. The van der Waals surface area contributed by atoms with Crippen LogP contribution in [0.3, 0.4) is 0 Å². The zero-order valence-electron chi connectivity index (χ0n) is 15.0. The van der Waals surface area contributed by atoms with Crippen LogP contribution in [0.1, 0.15) is 12.5 Å². The maximum absolute atomic E-state index is 14.3. The average molecular weight is 502 g/mol. The molecule has 1 heterocycles. The standard InChI is InChI=1S/C15H16BrF4N5O3S/c1-7(6-26)23-13-10(16)5-22-14(25-13)24-8-3-9(15(18,19)20)12(11(17)4-8)29(27,28)21-2/h3-5,7,21,26H,6H2,1-2H3,(H2,22,23,24,25)/t7-/m1/s1. The number of benzene rings is 1. The molecule has 4 N–H and O–H groups in total. The van der Waals surface area contributed by atoms with Crippen LogP contribution < -0.4 is 15.4 Å². The average Bonchev–Trinajstić information content (AvgIpc) is 2.62. The summed E-state index contributed by atoms with van der Waals surface area (Å²) in [6.45, 7) is 1.45. The Hall–Kier alpha value is -2.03. The third-order valence-corrected chi connectivity index (χ3v) is 5.61. The zero-order chi connectivity index (χ0) is 22.0. The van der Waals surface area contributed by atoms with Crippen LogP contribution >= 0.6 is 15.9 Å². The molecule has 1 aromatic carbocycles. The quantitative estimate of drug-likeness (QED) is 0.431. The summed E-state index contributed by atoms with van der Waals surface area (Å²) in [7, 11) is -3.83. The van der Waals surface area contributed by atoms with Gasteiger partial charge in [0.25, 0.3) is 0 Å². The van der Waals surface area contributed by atoms with Crippen LogP contribution in [0.4, 0.5) is 35.0 Å². The van der Waals surface area contributed by atoms with Crippen LogP contribution in [0.15, 0.2) is 27.7 Å². The number of rotatable bonds is 7. The van der Waals surface area contributed by atoms with Gasteiger partial charge in [-0.05, 0) is 42.0 Å². The van der Waals surface area contributed by atoms with Gasteiger partial charge in [0.2, 0.25) is 16.0 Å². The van der Waals surface area contributed by atoms with Crippen LogP contribution in [0.25, 0.3) is 0 Å². The number of alkyl halides is 3. The zero-order valence-corrected chi connectivity index (χ0v) is 17.4. The fourth-order valence-corrected chi connectivity index (χ4v) is 3.48. The molecule has 0 spiro atoms. The van der Waals surface area contributed by atoms with Gasteiger partial charge in [0.1, 0.15) is 16.5 Å². The molecule has 0 radical (unpaired) electrons. The minimum atomic E-state index is -5.14. The van der Waals surface area contributed by atoms with E-state index in [1.807, 2.05) is 0 Å². The van der Waals surface area contributed by atoms with Gasteiger partial charge in [-0.2, -0.15) is 18.2 Å². The number of hydrogen-bond donors (Lipinski definition) is 4. The van der Waals surface area contributed by atoms with Gasteiger partial charge in [0.15, 0.2) is 0 Å². The van der Waals surface area contributed by atoms with Gasteiger partial charge in [-0.3, -0.25) is 0 Å². The highest BCUT2D eigenvalue weighted by Gasteiger charge is 2.39. The van der Waals surface area contributed by atoms with Gasteiger partial charge in [0, 0.05) is 17.9 Å². The predicted molar refractivity (Wildman–Crippen MR) is 101 cm³/mol. The Labute approximate surface area is 171 Å². The Morgan fingerprint density at radius 1 is 1.31 bits per heavy atom. The Balaban J connectivity index is 2.50. The minimum absolute atomic E-state index is 0.183. The Morgan fingerprint density at radius 2 is 1.97 bits per heavy atom. The van der Waals surface area contributed by atoms with E-state index in [0.717, 1.165) is 7.05 Å². The maximum atomic E-state index is 14.3. The molecule has 1 atom stereocenters. The van der Waals surface area contributed by atoms with Crippen LogP contribution in [-0.4, -0.2) is 43.2 Å². The van der Waals surface area contributed by atoms with E-state index >= 15 is 0 Å². The number of nitrogens with zero attached hydrogens (tertiary/aromatic N) is 2. The molecule has 0 unspecified atom stereocenters. The highest BCUT2D eigenvalue weighted by molar-refractivity contribution is 9.10. The molecule has 0 aliphatic heterocycles. The summed E-state index contributed by atoms with van der Waals surface area (Å²) in [5.41, 5.74) is -2.09. The van der Waals surface area contributed by atoms with Crippen molar-refractivity contribution in [3.63, 3.8) is 0 Å². The third-order valence-electron chi connectivity index (χ3n) is 3.54. The lowest BCUT2D eigenvalue weighted by Gasteiger charge is -2.17. The van der Waals surface area contributed by atoms with E-state index in [0.29, 0.717) is 16.6 Å². The third kappa shape index (κ3) is 5.52. The van der Waals surface area contributed by atoms with Gasteiger partial charge in [-0.1, -0.05) is 0 Å². The first kappa shape index (κ1) is 23.3. The normalized spacial score (nSPS) is 13.2. The van der Waals surface area contributed by atoms with Crippen molar-refractivity contribution in [3.05, 3.63) is 34.2 Å². The van der Waals surface area contributed by atoms with E-state index in [9.17, 15) is 26.0 Å². The fraction of sp³-hybridized carbons (Fsp3) is 0.333. The van der Waals surface area contributed by atoms with E-state index < -0.39 is 38.2 Å². The monoisotopic (exact) mass is 501 g/mol. The van der Waals surface area contributed by atoms with Crippen LogP contribution in [0.2, 0.25) is 0 Å². The van der Waals surface area contributed by atoms with Gasteiger partial charge in [-0.15, -0.1) is 0 Å². The van der Waals surface area contributed by atoms with Crippen LogP contribution in [-0.2, 0) is 16.2 Å². The number of sulfonamides is 1. The van der Waals surface area contributed by atoms with Crippen molar-refractivity contribution >= 4 is 43.4 Å². The first-order valence-electron chi connectivity index (χ1n) is 7.90. The van der Waals surface area contributed by atoms with Crippen LogP contribution in [0, 0.1) is 5.82 Å². The molecule has 0 aliphatic rings. The van der Waals surface area contributed by atoms with Crippen molar-refractivity contribution in [2.24, 2.45) is 0 Å². The second kappa shape index (κ2) is 8.77. The Morgan fingerprint density at radius 3 is 2.52 bits per heavy atom. The first-order valence-corrected chi connectivity index (χ1v) is 10.2. The molecule has 2 aromatic rings. The largest absolute Gasteiger partial charge is 0.417 e. The molecule has 0 fully saturated rings. The Bertz CT molecular complexity index is 1000. The Kier molecular flexibility index (Phi) is 7.03. The van der Waals surface area contributed by atoms with Gasteiger partial charge in [0.05, 0.1) is 16.6 Å². The molecule has 0 bridgehead atoms. The number of aromatic nitrogens is 2. The highest BCUT2D eigenvalue weighted by Crippen LogP contribution is 2.38. The van der Waals surface area contributed by atoms with E-state index in [1.165, 1.54) is 6.20 Å². The predicted octanol–water partition coefficient (Wildman–Crippen LogP) is 2.84. The van der Waals surface area contributed by atoms with Crippen LogP contribution in [0.5, 0.6) is 0 Å². The van der Waals surface area contributed by atoms with Crippen molar-refractivity contribution in [1.82, 2.24) is 14.7 Å². The molecule has 160 valence electrons. The van der Waals surface area contributed by atoms with Crippen molar-refractivity contribution in [3.8, 4) is 0 Å². The van der Waals surface area contributed by atoms with E-state index in [2.05, 4.69) is 36.5 Å². The summed E-state index contributed by atoms with van der Waals surface area (Å²) in [5, 5.41) is 14.4.